The van der Waals surface area contributed by atoms with Crippen LogP contribution >= 0.6 is 0 Å². The molecule has 35 heavy (non-hydrogen) atoms. The number of methoxy groups -OCH3 is 1. The first kappa shape index (κ1) is 23.8. The lowest BCUT2D eigenvalue weighted by Gasteiger charge is -2.17. The summed E-state index contributed by atoms with van der Waals surface area (Å²) in [6.07, 6.45) is 0.690. The maximum atomic E-state index is 12.4. The van der Waals surface area contributed by atoms with Crippen LogP contribution in [-0.2, 0) is 20.8 Å². The van der Waals surface area contributed by atoms with Crippen molar-refractivity contribution in [1.29, 1.82) is 0 Å². The van der Waals surface area contributed by atoms with Gasteiger partial charge in [0, 0.05) is 25.4 Å². The number of carbonyl (C=O) groups is 3. The molecule has 0 saturated carbocycles. The van der Waals surface area contributed by atoms with Crippen molar-refractivity contribution in [2.45, 2.75) is 18.6 Å². The van der Waals surface area contributed by atoms with Crippen LogP contribution in [0.3, 0.4) is 0 Å². The van der Waals surface area contributed by atoms with Crippen molar-refractivity contribution in [3.05, 3.63) is 83.4 Å². The fraction of sp³-hybridized carbons (Fsp3) is 0.240. The van der Waals surface area contributed by atoms with Crippen molar-refractivity contribution in [1.82, 2.24) is 20.6 Å². The second kappa shape index (κ2) is 10.7. The highest BCUT2D eigenvalue weighted by molar-refractivity contribution is 5.86. The molecule has 0 fully saturated rings. The van der Waals surface area contributed by atoms with E-state index in [-0.39, 0.29) is 37.0 Å². The van der Waals surface area contributed by atoms with Gasteiger partial charge in [-0.05, 0) is 22.3 Å². The molecule has 1 unspecified atom stereocenters. The van der Waals surface area contributed by atoms with Crippen molar-refractivity contribution >= 4 is 18.0 Å². The molecular weight excluding hydrogens is 452 g/mol. The van der Waals surface area contributed by atoms with Crippen molar-refractivity contribution in [3.8, 4) is 11.1 Å². The van der Waals surface area contributed by atoms with E-state index < -0.39 is 24.1 Å². The number of nitrogens with zero attached hydrogens (tertiary/aromatic N) is 2. The molecule has 10 heteroatoms. The Kier molecular flexibility index (Phi) is 7.32. The number of nitrogens with one attached hydrogen (secondary N) is 2. The zero-order chi connectivity index (χ0) is 24.8. The van der Waals surface area contributed by atoms with Crippen LogP contribution in [0.2, 0.25) is 0 Å². The summed E-state index contributed by atoms with van der Waals surface area (Å²) in [5.41, 5.74) is 4.43. The van der Waals surface area contributed by atoms with E-state index in [1.807, 2.05) is 36.4 Å². The number of carboxylic acids is 1. The van der Waals surface area contributed by atoms with Gasteiger partial charge in [-0.3, -0.25) is 4.79 Å². The molecule has 0 aliphatic heterocycles. The van der Waals surface area contributed by atoms with Gasteiger partial charge < -0.3 is 25.2 Å². The van der Waals surface area contributed by atoms with E-state index in [9.17, 15) is 14.4 Å². The van der Waals surface area contributed by atoms with Crippen molar-refractivity contribution in [2.75, 3.05) is 20.3 Å². The number of carboxylic acid groups (broad SMARTS) is 1. The fourth-order valence-corrected chi connectivity index (χ4v) is 3.95. The standard InChI is InChI=1S/C25H24N4O6/c1-34-21(23(30)28-13-22-26-10-15(11-27-22)24(31)32)12-29-25(33)35-14-20-18-8-4-2-6-16(18)17-7-3-5-9-19(17)20/h2-11,20-21H,12-14H2,1H3,(H,28,30)(H,29,33)(H,31,32). The number of hydrogen-bond acceptors (Lipinski definition) is 7. The SMILES string of the molecule is COC(CNC(=O)OCC1c2ccccc2-c2ccccc21)C(=O)NCc1ncc(C(=O)O)cn1. The zero-order valence-corrected chi connectivity index (χ0v) is 18.9. The highest BCUT2D eigenvalue weighted by atomic mass is 16.5. The lowest BCUT2D eigenvalue weighted by Crippen LogP contribution is -2.44. The Bertz CT molecular complexity index is 1190. The molecule has 1 aliphatic carbocycles. The van der Waals surface area contributed by atoms with Gasteiger partial charge in [0.15, 0.2) is 6.10 Å². The van der Waals surface area contributed by atoms with Crippen LogP contribution in [0.5, 0.6) is 0 Å². The summed E-state index contributed by atoms with van der Waals surface area (Å²) < 4.78 is 10.6. The number of benzene rings is 2. The molecule has 1 aromatic heterocycles. The second-order valence-corrected chi connectivity index (χ2v) is 7.84. The van der Waals surface area contributed by atoms with Gasteiger partial charge in [-0.15, -0.1) is 0 Å². The molecule has 4 rings (SSSR count). The van der Waals surface area contributed by atoms with Gasteiger partial charge >= 0.3 is 12.1 Å². The Labute approximate surface area is 201 Å². The molecule has 1 aliphatic rings. The molecule has 10 nitrogen and oxygen atoms in total. The summed E-state index contributed by atoms with van der Waals surface area (Å²) in [4.78, 5) is 43.4. The number of amides is 2. The molecule has 180 valence electrons. The summed E-state index contributed by atoms with van der Waals surface area (Å²) >= 11 is 0. The van der Waals surface area contributed by atoms with E-state index in [0.717, 1.165) is 34.6 Å². The Morgan fingerprint density at radius 3 is 2.14 bits per heavy atom. The normalized spacial score (nSPS) is 12.8. The first-order valence-electron chi connectivity index (χ1n) is 10.9. The van der Waals surface area contributed by atoms with Crippen LogP contribution in [0.25, 0.3) is 11.1 Å². The van der Waals surface area contributed by atoms with Crippen LogP contribution in [0.15, 0.2) is 60.9 Å². The predicted octanol–water partition coefficient (Wildman–Crippen LogP) is 2.34. The topological polar surface area (TPSA) is 140 Å². The van der Waals surface area contributed by atoms with E-state index >= 15 is 0 Å². The molecule has 0 radical (unpaired) electrons. The minimum absolute atomic E-state index is 0.0243. The number of rotatable bonds is 9. The molecule has 1 heterocycles. The summed E-state index contributed by atoms with van der Waals surface area (Å²) in [5, 5.41) is 14.0. The molecule has 2 amide bonds. The number of ether oxygens (including phenoxy) is 2. The molecule has 3 aromatic rings. The Morgan fingerprint density at radius 2 is 1.57 bits per heavy atom. The molecule has 3 N–H and O–H groups in total. The average Bonchev–Trinajstić information content (AvgIpc) is 3.20. The monoisotopic (exact) mass is 476 g/mol. The zero-order valence-electron chi connectivity index (χ0n) is 18.9. The van der Waals surface area contributed by atoms with Crippen molar-refractivity contribution < 1.29 is 29.0 Å². The highest BCUT2D eigenvalue weighted by Crippen LogP contribution is 2.44. The van der Waals surface area contributed by atoms with Gasteiger partial charge in [-0.1, -0.05) is 48.5 Å². The number of alkyl carbamates (subject to hydrolysis) is 1. The number of aromatic nitrogens is 2. The summed E-state index contributed by atoms with van der Waals surface area (Å²) in [6, 6.07) is 16.1. The summed E-state index contributed by atoms with van der Waals surface area (Å²) in [5.74, 6) is -1.46. The fourth-order valence-electron chi connectivity index (χ4n) is 3.95. The van der Waals surface area contributed by atoms with E-state index in [1.165, 1.54) is 7.11 Å². The second-order valence-electron chi connectivity index (χ2n) is 7.84. The number of aromatic carboxylic acids is 1. The van der Waals surface area contributed by atoms with Crippen LogP contribution < -0.4 is 10.6 Å². The largest absolute Gasteiger partial charge is 0.478 e. The van der Waals surface area contributed by atoms with Crippen LogP contribution in [0.4, 0.5) is 4.79 Å². The minimum atomic E-state index is -1.14. The summed E-state index contributed by atoms with van der Waals surface area (Å²) in [7, 11) is 1.35. The highest BCUT2D eigenvalue weighted by Gasteiger charge is 2.29. The van der Waals surface area contributed by atoms with Gasteiger partial charge in [0.2, 0.25) is 0 Å². The number of hydrogen-bond donors (Lipinski definition) is 3. The minimum Gasteiger partial charge on any atom is -0.478 e. The summed E-state index contributed by atoms with van der Waals surface area (Å²) in [6.45, 7) is 0.0364. The predicted molar refractivity (Wildman–Crippen MR) is 125 cm³/mol. The van der Waals surface area contributed by atoms with E-state index in [2.05, 4.69) is 32.7 Å². The first-order chi connectivity index (χ1) is 17.0. The van der Waals surface area contributed by atoms with Crippen molar-refractivity contribution in [3.63, 3.8) is 0 Å². The van der Waals surface area contributed by atoms with Crippen LogP contribution in [0, 0.1) is 0 Å². The molecule has 0 spiro atoms. The third-order valence-electron chi connectivity index (χ3n) is 5.73. The van der Waals surface area contributed by atoms with E-state index in [4.69, 9.17) is 14.6 Å². The van der Waals surface area contributed by atoms with Gasteiger partial charge in [-0.25, -0.2) is 19.6 Å². The van der Waals surface area contributed by atoms with E-state index in [1.54, 1.807) is 0 Å². The molecule has 2 aromatic carbocycles. The lowest BCUT2D eigenvalue weighted by molar-refractivity contribution is -0.130. The molecule has 0 bridgehead atoms. The maximum absolute atomic E-state index is 12.4. The lowest BCUT2D eigenvalue weighted by atomic mass is 9.98. The van der Waals surface area contributed by atoms with Gasteiger partial charge in [0.1, 0.15) is 12.4 Å². The van der Waals surface area contributed by atoms with Gasteiger partial charge in [0.05, 0.1) is 18.7 Å². The Balaban J connectivity index is 1.27. The van der Waals surface area contributed by atoms with Crippen LogP contribution in [-0.4, -0.2) is 59.4 Å². The van der Waals surface area contributed by atoms with Crippen molar-refractivity contribution in [2.24, 2.45) is 0 Å². The number of fused-ring (bicyclic) bond motifs is 3. The van der Waals surface area contributed by atoms with Gasteiger partial charge in [0.25, 0.3) is 5.91 Å². The van der Waals surface area contributed by atoms with Gasteiger partial charge in [-0.2, -0.15) is 0 Å². The Hall–Kier alpha value is -4.31. The first-order valence-corrected chi connectivity index (χ1v) is 10.9. The third kappa shape index (κ3) is 5.44. The molecular formula is C25H24N4O6. The van der Waals surface area contributed by atoms with Crippen LogP contribution in [0.1, 0.15) is 33.2 Å². The molecule has 0 saturated heterocycles. The Morgan fingerprint density at radius 1 is 0.971 bits per heavy atom. The smallest absolute Gasteiger partial charge is 0.407 e. The average molecular weight is 476 g/mol. The number of carbonyl (C=O) groups excluding carboxylic acids is 2. The quantitative estimate of drug-likeness (QED) is 0.428. The maximum Gasteiger partial charge on any atom is 0.407 e. The molecule has 1 atom stereocenters. The third-order valence-corrected chi connectivity index (χ3v) is 5.73. The van der Waals surface area contributed by atoms with E-state index in [0.29, 0.717) is 0 Å².